The minimum absolute atomic E-state index is 0.00714. The molecule has 0 bridgehead atoms. The zero-order valence-corrected chi connectivity index (χ0v) is 14.4. The number of nitrogens with one attached hydrogen (secondary N) is 1. The second kappa shape index (κ2) is 10.0. The van der Waals surface area contributed by atoms with Crippen LogP contribution in [0.2, 0.25) is 0 Å². The third kappa shape index (κ3) is 8.55. The van der Waals surface area contributed by atoms with Gasteiger partial charge < -0.3 is 19.5 Å². The number of anilines is 1. The highest BCUT2D eigenvalue weighted by Gasteiger charge is 2.30. The summed E-state index contributed by atoms with van der Waals surface area (Å²) in [6.45, 7) is 4.41. The van der Waals surface area contributed by atoms with E-state index in [4.69, 9.17) is 9.47 Å². The first-order chi connectivity index (χ1) is 11.7. The van der Waals surface area contributed by atoms with Crippen LogP contribution in [0.1, 0.15) is 19.4 Å². The number of carbonyl (C=O) groups is 1. The zero-order chi connectivity index (χ0) is 18.9. The molecular formula is C17H22F3NO4. The first-order valence-electron chi connectivity index (χ1n) is 7.64. The molecule has 1 rings (SSSR count). The quantitative estimate of drug-likeness (QED) is 0.414. The largest absolute Gasteiger partial charge is 0.466 e. The third-order valence-corrected chi connectivity index (χ3v) is 2.92. The highest BCUT2D eigenvalue weighted by Crippen LogP contribution is 2.30. The molecule has 1 N–H and O–H groups in total. The molecule has 8 heteroatoms. The van der Waals surface area contributed by atoms with Crippen LogP contribution in [0, 0.1) is 0 Å². The topological polar surface area (TPSA) is 56.8 Å². The van der Waals surface area contributed by atoms with Gasteiger partial charge in [0.2, 0.25) is 0 Å². The Labute approximate surface area is 144 Å². The van der Waals surface area contributed by atoms with Crippen LogP contribution in [0.5, 0.6) is 0 Å². The van der Waals surface area contributed by atoms with Gasteiger partial charge in [-0.15, -0.1) is 0 Å². The Morgan fingerprint density at radius 3 is 2.60 bits per heavy atom. The summed E-state index contributed by atoms with van der Waals surface area (Å²) in [5, 5.41) is 2.75. The van der Waals surface area contributed by atoms with Gasteiger partial charge in [0.05, 0.1) is 38.6 Å². The van der Waals surface area contributed by atoms with Crippen LogP contribution < -0.4 is 5.32 Å². The summed E-state index contributed by atoms with van der Waals surface area (Å²) < 4.78 is 53.5. The van der Waals surface area contributed by atoms with E-state index in [9.17, 15) is 18.0 Å². The molecule has 0 spiro atoms. The summed E-state index contributed by atoms with van der Waals surface area (Å²) in [4.78, 5) is 11.4. The van der Waals surface area contributed by atoms with E-state index < -0.39 is 17.7 Å². The van der Waals surface area contributed by atoms with Crippen LogP contribution in [-0.2, 0) is 25.2 Å². The van der Waals surface area contributed by atoms with Crippen molar-refractivity contribution >= 4 is 11.7 Å². The average molecular weight is 361 g/mol. The van der Waals surface area contributed by atoms with Gasteiger partial charge in [0.15, 0.2) is 0 Å². The second-order valence-electron chi connectivity index (χ2n) is 5.37. The predicted octanol–water partition coefficient (Wildman–Crippen LogP) is 3.62. The Hall–Kier alpha value is -2.06. The van der Waals surface area contributed by atoms with Crippen LogP contribution >= 0.6 is 0 Å². The molecule has 140 valence electrons. The van der Waals surface area contributed by atoms with Crippen molar-refractivity contribution in [3.8, 4) is 0 Å². The Morgan fingerprint density at radius 2 is 2.00 bits per heavy atom. The molecule has 0 aromatic heterocycles. The zero-order valence-electron chi connectivity index (χ0n) is 14.4. The van der Waals surface area contributed by atoms with Gasteiger partial charge in [-0.2, -0.15) is 13.2 Å². The number of alkyl halides is 3. The lowest BCUT2D eigenvalue weighted by Gasteiger charge is -2.14. The molecular weight excluding hydrogens is 339 g/mol. The number of rotatable bonds is 9. The van der Waals surface area contributed by atoms with Crippen LogP contribution in [0.25, 0.3) is 0 Å². The normalized spacial score (nSPS) is 12.4. The number of methoxy groups -OCH3 is 1. The smallest absolute Gasteiger partial charge is 0.416 e. The van der Waals surface area contributed by atoms with Crippen LogP contribution in [0.4, 0.5) is 18.9 Å². The lowest BCUT2D eigenvalue weighted by molar-refractivity contribution is -0.137. The molecule has 1 aromatic carbocycles. The molecule has 0 aliphatic heterocycles. The Bertz CT molecular complexity index is 586. The highest BCUT2D eigenvalue weighted by molar-refractivity contribution is 5.83. The molecule has 0 saturated heterocycles. The maximum Gasteiger partial charge on any atom is 0.416 e. The molecule has 0 saturated carbocycles. The molecule has 0 heterocycles. The van der Waals surface area contributed by atoms with Gasteiger partial charge in [-0.1, -0.05) is 6.07 Å². The molecule has 0 fully saturated rings. The Morgan fingerprint density at radius 1 is 1.28 bits per heavy atom. The van der Waals surface area contributed by atoms with Crippen molar-refractivity contribution in [3.63, 3.8) is 0 Å². The summed E-state index contributed by atoms with van der Waals surface area (Å²) in [5.41, 5.74) is -0.330. The van der Waals surface area contributed by atoms with Crippen LogP contribution in [0.15, 0.2) is 36.0 Å². The number of hydrogen-bond acceptors (Lipinski definition) is 5. The van der Waals surface area contributed by atoms with E-state index in [0.29, 0.717) is 6.61 Å². The lowest BCUT2D eigenvalue weighted by atomic mass is 10.2. The monoisotopic (exact) mass is 361 g/mol. The predicted molar refractivity (Wildman–Crippen MR) is 87.1 cm³/mol. The number of hydrogen-bond donors (Lipinski definition) is 1. The first kappa shape index (κ1) is 21.0. The molecule has 0 radical (unpaired) electrons. The van der Waals surface area contributed by atoms with E-state index in [0.717, 1.165) is 18.2 Å². The lowest BCUT2D eigenvalue weighted by Crippen LogP contribution is -2.15. The maximum absolute atomic E-state index is 12.8. The van der Waals surface area contributed by atoms with Gasteiger partial charge in [-0.3, -0.25) is 0 Å². The summed E-state index contributed by atoms with van der Waals surface area (Å²) in [6, 6.07) is 4.65. The minimum Gasteiger partial charge on any atom is -0.466 e. The molecule has 5 nitrogen and oxygen atoms in total. The van der Waals surface area contributed by atoms with Gasteiger partial charge in [0.25, 0.3) is 0 Å². The SMILES string of the molecule is COC(=O)/C=C(\COCCOC(C)C)Nc1cccc(C(F)(F)F)c1. The van der Waals surface area contributed by atoms with Gasteiger partial charge in [-0.05, 0) is 32.0 Å². The summed E-state index contributed by atoms with van der Waals surface area (Å²) in [7, 11) is 1.21. The Kier molecular flexibility index (Phi) is 8.44. The van der Waals surface area contributed by atoms with Gasteiger partial charge in [0, 0.05) is 17.5 Å². The van der Waals surface area contributed by atoms with Gasteiger partial charge >= 0.3 is 12.1 Å². The van der Waals surface area contributed by atoms with Crippen molar-refractivity contribution in [2.45, 2.75) is 26.1 Å². The van der Waals surface area contributed by atoms with Gasteiger partial charge in [0.1, 0.15) is 0 Å². The van der Waals surface area contributed by atoms with Crippen molar-refractivity contribution in [1.82, 2.24) is 0 Å². The van der Waals surface area contributed by atoms with E-state index in [1.807, 2.05) is 13.8 Å². The minimum atomic E-state index is -4.45. The standard InChI is InChI=1S/C17H22F3NO4/c1-12(2)25-8-7-24-11-15(10-16(22)23-3)21-14-6-4-5-13(9-14)17(18,19)20/h4-6,9-10,12,21H,7-8,11H2,1-3H3/b15-10+. The molecule has 0 unspecified atom stereocenters. The van der Waals surface area contributed by atoms with Crippen molar-refractivity contribution in [3.05, 3.63) is 41.6 Å². The Balaban J connectivity index is 2.74. The number of benzene rings is 1. The number of carbonyl (C=O) groups excluding carboxylic acids is 1. The average Bonchev–Trinajstić information content (AvgIpc) is 2.53. The van der Waals surface area contributed by atoms with E-state index in [-0.39, 0.29) is 30.7 Å². The summed E-state index contributed by atoms with van der Waals surface area (Å²) >= 11 is 0. The van der Waals surface area contributed by atoms with Gasteiger partial charge in [-0.25, -0.2) is 4.79 Å². The van der Waals surface area contributed by atoms with E-state index in [2.05, 4.69) is 10.1 Å². The molecule has 0 aliphatic carbocycles. The van der Waals surface area contributed by atoms with E-state index >= 15 is 0 Å². The molecule has 0 aliphatic rings. The second-order valence-corrected chi connectivity index (χ2v) is 5.37. The highest BCUT2D eigenvalue weighted by atomic mass is 19.4. The van der Waals surface area contributed by atoms with Crippen molar-refractivity contribution in [1.29, 1.82) is 0 Å². The van der Waals surface area contributed by atoms with Crippen molar-refractivity contribution in [2.24, 2.45) is 0 Å². The van der Waals surface area contributed by atoms with E-state index in [1.54, 1.807) is 0 Å². The van der Waals surface area contributed by atoms with Crippen molar-refractivity contribution in [2.75, 3.05) is 32.2 Å². The first-order valence-corrected chi connectivity index (χ1v) is 7.64. The molecule has 0 amide bonds. The fourth-order valence-corrected chi connectivity index (χ4v) is 1.80. The number of esters is 1. The van der Waals surface area contributed by atoms with Crippen LogP contribution in [-0.4, -0.2) is 39.0 Å². The molecule has 1 aromatic rings. The third-order valence-electron chi connectivity index (χ3n) is 2.92. The maximum atomic E-state index is 12.8. The summed E-state index contributed by atoms with van der Waals surface area (Å²) in [6.07, 6.45) is -3.25. The number of ether oxygens (including phenoxy) is 3. The molecule has 25 heavy (non-hydrogen) atoms. The summed E-state index contributed by atoms with van der Waals surface area (Å²) in [5.74, 6) is -0.642. The fraction of sp³-hybridized carbons (Fsp3) is 0.471. The van der Waals surface area contributed by atoms with Crippen molar-refractivity contribution < 1.29 is 32.2 Å². The number of halogens is 3. The molecule has 0 atom stereocenters. The van der Waals surface area contributed by atoms with Crippen LogP contribution in [0.3, 0.4) is 0 Å². The van der Waals surface area contributed by atoms with E-state index in [1.165, 1.54) is 19.2 Å². The fourth-order valence-electron chi connectivity index (χ4n) is 1.80.